The van der Waals surface area contributed by atoms with Crippen LogP contribution in [0.5, 0.6) is 0 Å². The van der Waals surface area contributed by atoms with Crippen molar-refractivity contribution in [3.05, 3.63) is 70.4 Å². The molecule has 156 valence electrons. The Labute approximate surface area is 185 Å². The summed E-state index contributed by atoms with van der Waals surface area (Å²) in [5.41, 5.74) is 8.17. The summed E-state index contributed by atoms with van der Waals surface area (Å²) in [6, 6.07) is 12.8. The highest BCUT2D eigenvalue weighted by Gasteiger charge is 2.08. The molecule has 6 nitrogen and oxygen atoms in total. The number of hydrogen-bond acceptors (Lipinski definition) is 6. The van der Waals surface area contributed by atoms with Crippen molar-refractivity contribution in [3.63, 3.8) is 0 Å². The number of Topliss-reactive ketones (excluding diaryl/α,β-unsaturated/α-hetero) is 1. The second kappa shape index (κ2) is 9.50. The van der Waals surface area contributed by atoms with E-state index in [-0.39, 0.29) is 5.78 Å². The standard InChI is InChI=1S/C24H22ClN5O/c25-19-9-8-18-15-30-23(26)20(21(18)14-19)10-5-16-3-6-17(7-4-16)22(31)2-1-11-27-24-28-12-13-29-24/h3-4,6-9,14-15H,1-2,11-13H2,(H2,26,30)(H2,27,28,29). The molecule has 0 bridgehead atoms. The number of pyridine rings is 1. The zero-order chi connectivity index (χ0) is 21.6. The van der Waals surface area contributed by atoms with E-state index < -0.39 is 0 Å². The van der Waals surface area contributed by atoms with Crippen molar-refractivity contribution in [3.8, 4) is 11.8 Å². The van der Waals surface area contributed by atoms with E-state index in [1.54, 1.807) is 6.20 Å². The molecular formula is C24H22ClN5O. The molecule has 0 saturated carbocycles. The minimum atomic E-state index is 0.111. The molecule has 0 saturated heterocycles. The maximum absolute atomic E-state index is 12.4. The normalized spacial score (nSPS) is 12.6. The molecule has 2 aromatic carbocycles. The number of aromatic nitrogens is 1. The summed E-state index contributed by atoms with van der Waals surface area (Å²) >= 11 is 6.13. The lowest BCUT2D eigenvalue weighted by Gasteiger charge is -2.06. The average Bonchev–Trinajstić information content (AvgIpc) is 3.30. The van der Waals surface area contributed by atoms with E-state index in [9.17, 15) is 4.79 Å². The zero-order valence-electron chi connectivity index (χ0n) is 16.9. The minimum Gasteiger partial charge on any atom is -0.383 e. The van der Waals surface area contributed by atoms with Crippen molar-refractivity contribution in [1.82, 2.24) is 15.6 Å². The third-order valence-corrected chi connectivity index (χ3v) is 5.20. The van der Waals surface area contributed by atoms with E-state index in [4.69, 9.17) is 17.3 Å². The summed E-state index contributed by atoms with van der Waals surface area (Å²) in [6.45, 7) is 2.38. The van der Waals surface area contributed by atoms with Gasteiger partial charge in [0.05, 0.1) is 12.1 Å². The lowest BCUT2D eigenvalue weighted by molar-refractivity contribution is 0.0980. The van der Waals surface area contributed by atoms with Crippen LogP contribution in [0.3, 0.4) is 0 Å². The SMILES string of the molecule is Nc1ncc2ccc(Cl)cc2c1C#Cc1ccc(C(=O)CCCNC2=NCCN2)cc1. The summed E-state index contributed by atoms with van der Waals surface area (Å²) in [4.78, 5) is 20.9. The van der Waals surface area contributed by atoms with Crippen molar-refractivity contribution in [2.45, 2.75) is 12.8 Å². The summed E-state index contributed by atoms with van der Waals surface area (Å²) < 4.78 is 0. The molecule has 2 heterocycles. The number of nitrogens with two attached hydrogens (primary N) is 1. The quantitative estimate of drug-likeness (QED) is 0.327. The zero-order valence-corrected chi connectivity index (χ0v) is 17.7. The van der Waals surface area contributed by atoms with Gasteiger partial charge in [0, 0.05) is 52.6 Å². The van der Waals surface area contributed by atoms with Crippen LogP contribution in [0.4, 0.5) is 5.82 Å². The van der Waals surface area contributed by atoms with Gasteiger partial charge >= 0.3 is 0 Å². The minimum absolute atomic E-state index is 0.111. The Balaban J connectivity index is 1.41. The first-order valence-electron chi connectivity index (χ1n) is 10.1. The van der Waals surface area contributed by atoms with Crippen LogP contribution < -0.4 is 16.4 Å². The van der Waals surface area contributed by atoms with Crippen LogP contribution in [0.1, 0.15) is 34.3 Å². The Kier molecular flexibility index (Phi) is 6.34. The van der Waals surface area contributed by atoms with E-state index in [1.165, 1.54) is 0 Å². The Bertz CT molecular complexity index is 1200. The van der Waals surface area contributed by atoms with Gasteiger partial charge in [0.15, 0.2) is 11.7 Å². The van der Waals surface area contributed by atoms with Gasteiger partial charge in [0.25, 0.3) is 0 Å². The lowest BCUT2D eigenvalue weighted by atomic mass is 10.0. The molecule has 0 fully saturated rings. The highest BCUT2D eigenvalue weighted by molar-refractivity contribution is 6.31. The molecule has 0 atom stereocenters. The number of nitrogens with one attached hydrogen (secondary N) is 2. The van der Waals surface area contributed by atoms with Crippen LogP contribution in [-0.2, 0) is 0 Å². The maximum atomic E-state index is 12.4. The third kappa shape index (κ3) is 5.14. The van der Waals surface area contributed by atoms with Crippen molar-refractivity contribution in [1.29, 1.82) is 0 Å². The number of nitrogen functional groups attached to an aromatic ring is 1. The molecule has 0 amide bonds. The predicted octanol–water partition coefficient (Wildman–Crippen LogP) is 3.38. The van der Waals surface area contributed by atoms with E-state index in [0.717, 1.165) is 41.8 Å². The van der Waals surface area contributed by atoms with E-state index in [0.29, 0.717) is 34.9 Å². The molecule has 3 aromatic rings. The van der Waals surface area contributed by atoms with E-state index in [1.807, 2.05) is 42.5 Å². The molecule has 0 spiro atoms. The second-order valence-electron chi connectivity index (χ2n) is 7.19. The summed E-state index contributed by atoms with van der Waals surface area (Å²) in [5.74, 6) is 7.51. The molecule has 0 aliphatic carbocycles. The van der Waals surface area contributed by atoms with Crippen molar-refractivity contribution in [2.75, 3.05) is 25.4 Å². The van der Waals surface area contributed by atoms with Gasteiger partial charge in [0.2, 0.25) is 0 Å². The first-order valence-corrected chi connectivity index (χ1v) is 10.5. The van der Waals surface area contributed by atoms with Crippen LogP contribution >= 0.6 is 11.6 Å². The molecule has 7 heteroatoms. The van der Waals surface area contributed by atoms with Gasteiger partial charge in [-0.15, -0.1) is 0 Å². The number of carbonyl (C=O) groups is 1. The van der Waals surface area contributed by atoms with Gasteiger partial charge < -0.3 is 16.4 Å². The van der Waals surface area contributed by atoms with E-state index >= 15 is 0 Å². The molecule has 1 aromatic heterocycles. The number of anilines is 1. The van der Waals surface area contributed by atoms with Crippen LogP contribution in [-0.4, -0.2) is 36.4 Å². The topological polar surface area (TPSA) is 92.4 Å². The van der Waals surface area contributed by atoms with E-state index in [2.05, 4.69) is 32.5 Å². The van der Waals surface area contributed by atoms with Crippen LogP contribution in [0.2, 0.25) is 5.02 Å². The molecule has 4 rings (SSSR count). The Hall–Kier alpha value is -3.56. The number of rotatable bonds is 5. The van der Waals surface area contributed by atoms with Gasteiger partial charge in [-0.05, 0) is 30.7 Å². The molecule has 1 aliphatic heterocycles. The number of nitrogens with zero attached hydrogens (tertiary/aromatic N) is 2. The number of halogens is 1. The Morgan fingerprint density at radius 1 is 1.19 bits per heavy atom. The Morgan fingerprint density at radius 2 is 2.03 bits per heavy atom. The number of ketones is 1. The lowest BCUT2D eigenvalue weighted by Crippen LogP contribution is -2.34. The first-order chi connectivity index (χ1) is 15.1. The summed E-state index contributed by atoms with van der Waals surface area (Å²) in [7, 11) is 0. The third-order valence-electron chi connectivity index (χ3n) is 4.97. The first kappa shape index (κ1) is 20.7. The fourth-order valence-corrected chi connectivity index (χ4v) is 3.49. The number of aliphatic imine (C=N–C) groups is 1. The monoisotopic (exact) mass is 431 g/mol. The number of guanidine groups is 1. The molecule has 0 radical (unpaired) electrons. The van der Waals surface area contributed by atoms with Crippen LogP contribution in [0, 0.1) is 11.8 Å². The average molecular weight is 432 g/mol. The number of fused-ring (bicyclic) bond motifs is 1. The van der Waals surface area contributed by atoms with Crippen molar-refractivity contribution >= 4 is 39.9 Å². The highest BCUT2D eigenvalue weighted by atomic mass is 35.5. The van der Waals surface area contributed by atoms with Gasteiger partial charge in [-0.2, -0.15) is 0 Å². The van der Waals surface area contributed by atoms with Crippen LogP contribution in [0.15, 0.2) is 53.7 Å². The fourth-order valence-electron chi connectivity index (χ4n) is 3.32. The smallest absolute Gasteiger partial charge is 0.191 e. The second-order valence-corrected chi connectivity index (χ2v) is 7.62. The fraction of sp³-hybridized carbons (Fsp3) is 0.208. The summed E-state index contributed by atoms with van der Waals surface area (Å²) in [5, 5.41) is 8.75. The summed E-state index contributed by atoms with van der Waals surface area (Å²) in [6.07, 6.45) is 2.93. The van der Waals surface area contributed by atoms with Gasteiger partial charge in [-0.25, -0.2) is 4.98 Å². The van der Waals surface area contributed by atoms with Crippen molar-refractivity contribution in [2.24, 2.45) is 4.99 Å². The van der Waals surface area contributed by atoms with Crippen molar-refractivity contribution < 1.29 is 4.79 Å². The Morgan fingerprint density at radius 3 is 2.81 bits per heavy atom. The number of benzene rings is 2. The predicted molar refractivity (Wildman–Crippen MR) is 125 cm³/mol. The maximum Gasteiger partial charge on any atom is 0.191 e. The van der Waals surface area contributed by atoms with Gasteiger partial charge in [-0.1, -0.05) is 41.6 Å². The number of carbonyl (C=O) groups excluding carboxylic acids is 1. The molecule has 1 aliphatic rings. The van der Waals surface area contributed by atoms with Crippen LogP contribution in [0.25, 0.3) is 10.8 Å². The molecule has 0 unspecified atom stereocenters. The molecule has 31 heavy (non-hydrogen) atoms. The largest absolute Gasteiger partial charge is 0.383 e. The van der Waals surface area contributed by atoms with Gasteiger partial charge in [0.1, 0.15) is 5.82 Å². The number of hydrogen-bond donors (Lipinski definition) is 3. The van der Waals surface area contributed by atoms with Gasteiger partial charge in [-0.3, -0.25) is 9.79 Å². The molecular weight excluding hydrogens is 410 g/mol. The molecule has 4 N–H and O–H groups in total. The highest BCUT2D eigenvalue weighted by Crippen LogP contribution is 2.24.